The van der Waals surface area contributed by atoms with Crippen molar-refractivity contribution in [3.05, 3.63) is 33.8 Å². The summed E-state index contributed by atoms with van der Waals surface area (Å²) in [6.45, 7) is 1.43. The first-order chi connectivity index (χ1) is 10.6. The van der Waals surface area contributed by atoms with Crippen molar-refractivity contribution >= 4 is 35.1 Å². The standard InChI is InChI=1S/C14H18Cl2N2O4/c1-20-6-5-17-14(22-8-7-21-2)18-13(19)10-3-4-11(15)12(16)9-10/h3-4,9H,5-8H2,1-2H3,(H,17,18,19). The molecule has 0 unspecified atom stereocenters. The van der Waals surface area contributed by atoms with Crippen LogP contribution < -0.4 is 5.32 Å². The maximum Gasteiger partial charge on any atom is 0.291 e. The van der Waals surface area contributed by atoms with Crippen molar-refractivity contribution < 1.29 is 19.0 Å². The molecule has 1 aromatic rings. The second-order valence-electron chi connectivity index (χ2n) is 4.10. The molecule has 0 heterocycles. The van der Waals surface area contributed by atoms with Gasteiger partial charge in [0.25, 0.3) is 11.9 Å². The van der Waals surface area contributed by atoms with Crippen molar-refractivity contribution in [2.75, 3.05) is 40.6 Å². The van der Waals surface area contributed by atoms with Crippen LogP contribution in [0.5, 0.6) is 0 Å². The zero-order valence-electron chi connectivity index (χ0n) is 12.4. The molecule has 122 valence electrons. The minimum absolute atomic E-state index is 0.102. The van der Waals surface area contributed by atoms with E-state index in [2.05, 4.69) is 10.3 Å². The number of halogens is 2. The van der Waals surface area contributed by atoms with Crippen LogP contribution >= 0.6 is 23.2 Å². The maximum absolute atomic E-state index is 12.1. The van der Waals surface area contributed by atoms with E-state index in [-0.39, 0.29) is 12.6 Å². The van der Waals surface area contributed by atoms with Gasteiger partial charge in [0.2, 0.25) is 0 Å². The van der Waals surface area contributed by atoms with Gasteiger partial charge >= 0.3 is 0 Å². The van der Waals surface area contributed by atoms with Crippen LogP contribution in [0.2, 0.25) is 10.0 Å². The molecule has 8 heteroatoms. The molecule has 0 aliphatic rings. The van der Waals surface area contributed by atoms with Crippen LogP contribution in [0.1, 0.15) is 10.4 Å². The highest BCUT2D eigenvalue weighted by atomic mass is 35.5. The van der Waals surface area contributed by atoms with Crippen molar-refractivity contribution in [3.8, 4) is 0 Å². The third-order valence-electron chi connectivity index (χ3n) is 2.48. The second-order valence-corrected chi connectivity index (χ2v) is 4.92. The van der Waals surface area contributed by atoms with Crippen LogP contribution in [-0.4, -0.2) is 52.5 Å². The number of benzene rings is 1. The van der Waals surface area contributed by atoms with Gasteiger partial charge in [-0.1, -0.05) is 23.2 Å². The molecule has 1 N–H and O–H groups in total. The average molecular weight is 349 g/mol. The quantitative estimate of drug-likeness (QED) is 0.466. The fourth-order valence-corrected chi connectivity index (χ4v) is 1.69. The Morgan fingerprint density at radius 2 is 1.86 bits per heavy atom. The van der Waals surface area contributed by atoms with Gasteiger partial charge in [-0.3, -0.25) is 10.1 Å². The molecule has 0 radical (unpaired) electrons. The Morgan fingerprint density at radius 3 is 2.50 bits per heavy atom. The second kappa shape index (κ2) is 10.4. The van der Waals surface area contributed by atoms with Gasteiger partial charge in [-0.15, -0.1) is 0 Å². The van der Waals surface area contributed by atoms with E-state index in [0.29, 0.717) is 35.4 Å². The molecular weight excluding hydrogens is 331 g/mol. The molecule has 22 heavy (non-hydrogen) atoms. The molecule has 1 amide bonds. The Morgan fingerprint density at radius 1 is 1.14 bits per heavy atom. The lowest BCUT2D eigenvalue weighted by Gasteiger charge is -2.11. The minimum Gasteiger partial charge on any atom is -0.463 e. The topological polar surface area (TPSA) is 69.2 Å². The summed E-state index contributed by atoms with van der Waals surface area (Å²) < 4.78 is 15.1. The van der Waals surface area contributed by atoms with E-state index in [1.54, 1.807) is 26.4 Å². The summed E-state index contributed by atoms with van der Waals surface area (Å²) in [6, 6.07) is 4.68. The number of aliphatic imine (C=N–C) groups is 1. The van der Waals surface area contributed by atoms with Crippen molar-refractivity contribution in [2.24, 2.45) is 4.99 Å². The molecule has 0 aliphatic carbocycles. The average Bonchev–Trinajstić information content (AvgIpc) is 2.50. The van der Waals surface area contributed by atoms with Crippen LogP contribution in [-0.2, 0) is 14.2 Å². The molecule has 1 rings (SSSR count). The van der Waals surface area contributed by atoms with Crippen LogP contribution in [0.3, 0.4) is 0 Å². The summed E-state index contributed by atoms with van der Waals surface area (Å²) in [6.07, 6.45) is 0. The summed E-state index contributed by atoms with van der Waals surface area (Å²) in [4.78, 5) is 16.3. The zero-order valence-corrected chi connectivity index (χ0v) is 13.9. The van der Waals surface area contributed by atoms with E-state index < -0.39 is 5.91 Å². The molecule has 0 atom stereocenters. The highest BCUT2D eigenvalue weighted by molar-refractivity contribution is 6.42. The van der Waals surface area contributed by atoms with Crippen LogP contribution in [0.15, 0.2) is 23.2 Å². The predicted molar refractivity (Wildman–Crippen MR) is 85.9 cm³/mol. The Balaban J connectivity index is 2.71. The molecule has 0 aromatic heterocycles. The number of carbonyl (C=O) groups is 1. The molecule has 0 bridgehead atoms. The molecule has 0 saturated carbocycles. The first-order valence-corrected chi connectivity index (χ1v) is 7.25. The number of amidine groups is 1. The van der Waals surface area contributed by atoms with E-state index in [1.165, 1.54) is 6.07 Å². The molecule has 0 aliphatic heterocycles. The molecule has 0 spiro atoms. The van der Waals surface area contributed by atoms with Gasteiger partial charge in [0.05, 0.1) is 29.8 Å². The Bertz CT molecular complexity index is 524. The van der Waals surface area contributed by atoms with Gasteiger partial charge in [-0.05, 0) is 18.2 Å². The number of nitrogens with zero attached hydrogens (tertiary/aromatic N) is 1. The fourth-order valence-electron chi connectivity index (χ4n) is 1.39. The lowest BCUT2D eigenvalue weighted by Crippen LogP contribution is -2.33. The van der Waals surface area contributed by atoms with Gasteiger partial charge < -0.3 is 14.2 Å². The predicted octanol–water partition coefficient (Wildman–Crippen LogP) is 2.39. The van der Waals surface area contributed by atoms with Crippen LogP contribution in [0.25, 0.3) is 0 Å². The van der Waals surface area contributed by atoms with E-state index in [1.807, 2.05) is 0 Å². The van der Waals surface area contributed by atoms with E-state index in [4.69, 9.17) is 37.4 Å². The van der Waals surface area contributed by atoms with Gasteiger partial charge in [0, 0.05) is 19.8 Å². The molecule has 0 fully saturated rings. The van der Waals surface area contributed by atoms with Crippen LogP contribution in [0, 0.1) is 0 Å². The fraction of sp³-hybridized carbons (Fsp3) is 0.429. The summed E-state index contributed by atoms with van der Waals surface area (Å²) in [7, 11) is 3.12. The highest BCUT2D eigenvalue weighted by Gasteiger charge is 2.11. The number of hydrogen-bond donors (Lipinski definition) is 1. The number of carbonyl (C=O) groups excluding carboxylic acids is 1. The summed E-state index contributed by atoms with van der Waals surface area (Å²) >= 11 is 11.7. The molecular formula is C14H18Cl2N2O4. The van der Waals surface area contributed by atoms with Gasteiger partial charge in [-0.2, -0.15) is 0 Å². The van der Waals surface area contributed by atoms with Crippen molar-refractivity contribution in [3.63, 3.8) is 0 Å². The van der Waals surface area contributed by atoms with E-state index >= 15 is 0 Å². The number of methoxy groups -OCH3 is 2. The molecule has 0 saturated heterocycles. The smallest absolute Gasteiger partial charge is 0.291 e. The monoisotopic (exact) mass is 348 g/mol. The lowest BCUT2D eigenvalue weighted by atomic mass is 10.2. The molecule has 6 nitrogen and oxygen atoms in total. The summed E-state index contributed by atoms with van der Waals surface area (Å²) in [5.74, 6) is -0.396. The first kappa shape index (κ1) is 18.7. The van der Waals surface area contributed by atoms with Crippen LogP contribution in [0.4, 0.5) is 0 Å². The normalized spacial score (nSPS) is 11.4. The third-order valence-corrected chi connectivity index (χ3v) is 3.22. The largest absolute Gasteiger partial charge is 0.463 e. The van der Waals surface area contributed by atoms with Gasteiger partial charge in [0.15, 0.2) is 0 Å². The Labute approximate surface area is 139 Å². The number of rotatable bonds is 7. The number of amides is 1. The SMILES string of the molecule is COCCN=C(NC(=O)c1ccc(Cl)c(Cl)c1)OCCOC. The zero-order chi connectivity index (χ0) is 16.4. The van der Waals surface area contributed by atoms with Gasteiger partial charge in [0.1, 0.15) is 6.61 Å². The van der Waals surface area contributed by atoms with Crippen molar-refractivity contribution in [1.82, 2.24) is 5.32 Å². The number of hydrogen-bond acceptors (Lipinski definition) is 5. The van der Waals surface area contributed by atoms with E-state index in [0.717, 1.165) is 0 Å². The molecule has 1 aromatic carbocycles. The minimum atomic E-state index is -0.396. The van der Waals surface area contributed by atoms with Crippen molar-refractivity contribution in [2.45, 2.75) is 0 Å². The third kappa shape index (κ3) is 6.62. The maximum atomic E-state index is 12.1. The Kier molecular flexibility index (Phi) is 8.84. The number of nitrogens with one attached hydrogen (secondary N) is 1. The Hall–Kier alpha value is -1.34. The lowest BCUT2D eigenvalue weighted by molar-refractivity contribution is 0.0953. The highest BCUT2D eigenvalue weighted by Crippen LogP contribution is 2.22. The summed E-state index contributed by atoms with van der Waals surface area (Å²) in [5.41, 5.74) is 0.351. The number of ether oxygens (including phenoxy) is 3. The van der Waals surface area contributed by atoms with Crippen molar-refractivity contribution in [1.29, 1.82) is 0 Å². The van der Waals surface area contributed by atoms with E-state index in [9.17, 15) is 4.79 Å². The van der Waals surface area contributed by atoms with Gasteiger partial charge in [-0.25, -0.2) is 4.99 Å². The summed E-state index contributed by atoms with van der Waals surface area (Å²) in [5, 5.41) is 3.25. The first-order valence-electron chi connectivity index (χ1n) is 6.50.